The summed E-state index contributed by atoms with van der Waals surface area (Å²) in [5, 5.41) is 3.67. The van der Waals surface area contributed by atoms with Crippen molar-refractivity contribution >= 4 is 23.4 Å². The summed E-state index contributed by atoms with van der Waals surface area (Å²) >= 11 is 6.13. The van der Waals surface area contributed by atoms with Crippen LogP contribution in [-0.4, -0.2) is 35.9 Å². The van der Waals surface area contributed by atoms with E-state index in [1.165, 1.54) is 0 Å². The van der Waals surface area contributed by atoms with E-state index in [1.807, 2.05) is 82.3 Å². The molecule has 0 aliphatic heterocycles. The van der Waals surface area contributed by atoms with Gasteiger partial charge in [0, 0.05) is 24.5 Å². The fourth-order valence-corrected chi connectivity index (χ4v) is 3.92. The van der Waals surface area contributed by atoms with E-state index in [1.54, 1.807) is 23.1 Å². The molecule has 0 aliphatic carbocycles. The maximum atomic E-state index is 13.6. The molecule has 3 aromatic rings. The molecule has 0 fully saturated rings. The highest BCUT2D eigenvalue weighted by Gasteiger charge is 2.30. The van der Waals surface area contributed by atoms with Crippen LogP contribution in [0.1, 0.15) is 36.1 Å². The van der Waals surface area contributed by atoms with Crippen LogP contribution in [0.15, 0.2) is 72.8 Å². The Morgan fingerprint density at radius 1 is 0.944 bits per heavy atom. The van der Waals surface area contributed by atoms with Crippen LogP contribution in [0.4, 0.5) is 0 Å². The average molecular weight is 507 g/mol. The van der Waals surface area contributed by atoms with Gasteiger partial charge >= 0.3 is 0 Å². The lowest BCUT2D eigenvalue weighted by molar-refractivity contribution is -0.142. The maximum Gasteiger partial charge on any atom is 0.261 e. The summed E-state index contributed by atoms with van der Waals surface area (Å²) in [7, 11) is 0. The van der Waals surface area contributed by atoms with Crippen LogP contribution in [0.3, 0.4) is 0 Å². The number of benzene rings is 3. The van der Waals surface area contributed by atoms with Crippen molar-refractivity contribution in [2.24, 2.45) is 5.92 Å². The van der Waals surface area contributed by atoms with Crippen molar-refractivity contribution in [2.75, 3.05) is 13.2 Å². The van der Waals surface area contributed by atoms with Crippen molar-refractivity contribution in [3.63, 3.8) is 0 Å². The van der Waals surface area contributed by atoms with Gasteiger partial charge in [-0.05, 0) is 54.7 Å². The molecule has 1 atom stereocenters. The summed E-state index contributed by atoms with van der Waals surface area (Å²) in [4.78, 5) is 28.7. The van der Waals surface area contributed by atoms with Crippen molar-refractivity contribution in [3.8, 4) is 5.75 Å². The Kier molecular flexibility index (Phi) is 9.95. The van der Waals surface area contributed by atoms with Crippen molar-refractivity contribution in [2.45, 2.75) is 46.7 Å². The summed E-state index contributed by atoms with van der Waals surface area (Å²) < 4.78 is 5.84. The number of carbonyl (C=O) groups excluding carboxylic acids is 2. The van der Waals surface area contributed by atoms with E-state index in [9.17, 15) is 9.59 Å². The molecule has 1 N–H and O–H groups in total. The molecule has 6 heteroatoms. The van der Waals surface area contributed by atoms with E-state index in [2.05, 4.69) is 5.32 Å². The Hall–Kier alpha value is -3.31. The predicted molar refractivity (Wildman–Crippen MR) is 145 cm³/mol. The third-order valence-corrected chi connectivity index (χ3v) is 6.34. The number of aryl methyl sites for hydroxylation is 2. The standard InChI is InChI=1S/C30H35ClN2O3/c1-21(2)18-32-30(35)28(17-24-8-6-5-7-9-24)33(19-25-12-10-22(3)11-13-25)29(34)20-36-26-14-15-27(31)23(4)16-26/h5-16,21,28H,17-20H2,1-4H3,(H,32,35)/t28-/m1/s1. The minimum absolute atomic E-state index is 0.171. The van der Waals surface area contributed by atoms with Crippen LogP contribution >= 0.6 is 11.6 Å². The van der Waals surface area contributed by atoms with E-state index >= 15 is 0 Å². The number of ether oxygens (including phenoxy) is 1. The largest absolute Gasteiger partial charge is 0.484 e. The number of carbonyl (C=O) groups is 2. The van der Waals surface area contributed by atoms with Gasteiger partial charge in [0.2, 0.25) is 5.91 Å². The van der Waals surface area contributed by atoms with Gasteiger partial charge in [-0.2, -0.15) is 0 Å². The van der Waals surface area contributed by atoms with E-state index in [0.29, 0.717) is 36.2 Å². The maximum absolute atomic E-state index is 13.6. The molecule has 0 unspecified atom stereocenters. The van der Waals surface area contributed by atoms with Gasteiger partial charge in [-0.15, -0.1) is 0 Å². The molecular weight excluding hydrogens is 472 g/mol. The summed E-state index contributed by atoms with van der Waals surface area (Å²) in [5.41, 5.74) is 3.94. The first-order valence-corrected chi connectivity index (χ1v) is 12.7. The number of hydrogen-bond donors (Lipinski definition) is 1. The zero-order chi connectivity index (χ0) is 26.1. The lowest BCUT2D eigenvalue weighted by Gasteiger charge is -2.31. The van der Waals surface area contributed by atoms with Crippen molar-refractivity contribution in [3.05, 3.63) is 100 Å². The summed E-state index contributed by atoms with van der Waals surface area (Å²) in [5.74, 6) is 0.424. The van der Waals surface area contributed by atoms with Crippen LogP contribution in [-0.2, 0) is 22.6 Å². The molecule has 3 rings (SSSR count). The highest BCUT2D eigenvalue weighted by atomic mass is 35.5. The molecule has 0 heterocycles. The minimum Gasteiger partial charge on any atom is -0.484 e. The second kappa shape index (κ2) is 13.1. The topological polar surface area (TPSA) is 58.6 Å². The van der Waals surface area contributed by atoms with Crippen LogP contribution in [0, 0.1) is 19.8 Å². The Balaban J connectivity index is 1.89. The van der Waals surface area contributed by atoms with Gasteiger partial charge in [0.15, 0.2) is 6.61 Å². The van der Waals surface area contributed by atoms with E-state index < -0.39 is 6.04 Å². The molecule has 5 nitrogen and oxygen atoms in total. The smallest absolute Gasteiger partial charge is 0.261 e. The number of rotatable bonds is 11. The van der Waals surface area contributed by atoms with Gasteiger partial charge in [0.05, 0.1) is 0 Å². The Labute approximate surface area is 219 Å². The Morgan fingerprint density at radius 2 is 1.64 bits per heavy atom. The van der Waals surface area contributed by atoms with E-state index in [-0.39, 0.29) is 18.4 Å². The first-order valence-electron chi connectivity index (χ1n) is 12.3. The third-order valence-electron chi connectivity index (χ3n) is 5.92. The van der Waals surface area contributed by atoms with Gasteiger partial charge < -0.3 is 15.0 Å². The molecule has 0 aromatic heterocycles. The van der Waals surface area contributed by atoms with Crippen LogP contribution in [0.25, 0.3) is 0 Å². The van der Waals surface area contributed by atoms with Crippen LogP contribution in [0.2, 0.25) is 5.02 Å². The number of amides is 2. The number of halogens is 1. The number of nitrogens with one attached hydrogen (secondary N) is 1. The van der Waals surface area contributed by atoms with Gasteiger partial charge in [-0.25, -0.2) is 0 Å². The molecule has 190 valence electrons. The molecule has 0 bridgehead atoms. The van der Waals surface area contributed by atoms with Crippen LogP contribution < -0.4 is 10.1 Å². The predicted octanol–water partition coefficient (Wildman–Crippen LogP) is 5.75. The van der Waals surface area contributed by atoms with Gasteiger partial charge in [-0.1, -0.05) is 85.6 Å². The molecule has 3 aromatic carbocycles. The summed E-state index contributed by atoms with van der Waals surface area (Å²) in [6.07, 6.45) is 0.405. The van der Waals surface area contributed by atoms with Crippen molar-refractivity contribution < 1.29 is 14.3 Å². The molecule has 0 saturated heterocycles. The first-order chi connectivity index (χ1) is 17.2. The lowest BCUT2D eigenvalue weighted by Crippen LogP contribution is -2.52. The molecule has 2 amide bonds. The second-order valence-corrected chi connectivity index (χ2v) is 9.96. The monoisotopic (exact) mass is 506 g/mol. The molecular formula is C30H35ClN2O3. The average Bonchev–Trinajstić information content (AvgIpc) is 2.87. The van der Waals surface area contributed by atoms with Crippen molar-refractivity contribution in [1.29, 1.82) is 0 Å². The van der Waals surface area contributed by atoms with Gasteiger partial charge in [0.1, 0.15) is 11.8 Å². The molecule has 0 saturated carbocycles. The zero-order valence-electron chi connectivity index (χ0n) is 21.5. The fraction of sp³-hybridized carbons (Fsp3) is 0.333. The first kappa shape index (κ1) is 27.3. The minimum atomic E-state index is -0.685. The highest BCUT2D eigenvalue weighted by Crippen LogP contribution is 2.22. The number of hydrogen-bond acceptors (Lipinski definition) is 3. The summed E-state index contributed by atoms with van der Waals surface area (Å²) in [6.45, 7) is 8.65. The SMILES string of the molecule is Cc1ccc(CN(C(=O)COc2ccc(Cl)c(C)c2)[C@H](Cc2ccccc2)C(=O)NCC(C)C)cc1. The Morgan fingerprint density at radius 3 is 2.28 bits per heavy atom. The highest BCUT2D eigenvalue weighted by molar-refractivity contribution is 6.31. The fourth-order valence-electron chi connectivity index (χ4n) is 3.80. The van der Waals surface area contributed by atoms with Crippen LogP contribution in [0.5, 0.6) is 5.75 Å². The number of nitrogens with zero attached hydrogens (tertiary/aromatic N) is 1. The van der Waals surface area contributed by atoms with E-state index in [0.717, 1.165) is 22.3 Å². The van der Waals surface area contributed by atoms with Crippen molar-refractivity contribution in [1.82, 2.24) is 10.2 Å². The normalized spacial score (nSPS) is 11.7. The Bertz CT molecular complexity index is 1150. The molecule has 0 radical (unpaired) electrons. The molecule has 36 heavy (non-hydrogen) atoms. The second-order valence-electron chi connectivity index (χ2n) is 9.55. The van der Waals surface area contributed by atoms with E-state index in [4.69, 9.17) is 16.3 Å². The quantitative estimate of drug-likeness (QED) is 0.360. The summed E-state index contributed by atoms with van der Waals surface area (Å²) in [6, 6.07) is 22.4. The van der Waals surface area contributed by atoms with Gasteiger partial charge in [-0.3, -0.25) is 9.59 Å². The zero-order valence-corrected chi connectivity index (χ0v) is 22.2. The molecule has 0 spiro atoms. The molecule has 0 aliphatic rings. The third kappa shape index (κ3) is 8.13. The lowest BCUT2D eigenvalue weighted by atomic mass is 10.0. The van der Waals surface area contributed by atoms with Gasteiger partial charge in [0.25, 0.3) is 5.91 Å².